The highest BCUT2D eigenvalue weighted by molar-refractivity contribution is 8.14. The minimum atomic E-state index is -0.980. The van der Waals surface area contributed by atoms with Gasteiger partial charge in [0.15, 0.2) is 0 Å². The number of ketones is 1. The smallest absolute Gasteiger partial charge is 0.329 e. The lowest BCUT2D eigenvalue weighted by Crippen LogP contribution is -2.57. The van der Waals surface area contributed by atoms with Gasteiger partial charge in [-0.2, -0.15) is 0 Å². The number of aryl methyl sites for hydroxylation is 1. The van der Waals surface area contributed by atoms with Crippen molar-refractivity contribution in [3.05, 3.63) is 35.4 Å². The minimum Gasteiger partial charge on any atom is -0.460 e. The van der Waals surface area contributed by atoms with Crippen molar-refractivity contribution in [2.24, 2.45) is 34.1 Å². The maximum absolute atomic E-state index is 14.1. The zero-order valence-electron chi connectivity index (χ0n) is 33.9. The Hall–Kier alpha value is -3.25. The Morgan fingerprint density at radius 2 is 1.67 bits per heavy atom. The number of thioether (sulfide) groups is 1. The van der Waals surface area contributed by atoms with Crippen LogP contribution in [-0.2, 0) is 35.1 Å². The summed E-state index contributed by atoms with van der Waals surface area (Å²) in [5.74, 6) is -2.22. The normalized spacial score (nSPS) is 31.9. The Morgan fingerprint density at radius 3 is 2.31 bits per heavy atom. The summed E-state index contributed by atoms with van der Waals surface area (Å²) in [6.45, 7) is 17.7. The number of Topliss-reactive ketones (excluding diaryl/α,β-unsaturated/α-hetero) is 1. The maximum Gasteiger partial charge on any atom is 0.329 e. The van der Waals surface area contributed by atoms with E-state index in [1.165, 1.54) is 4.90 Å². The summed E-state index contributed by atoms with van der Waals surface area (Å²) in [6, 6.07) is 5.09. The van der Waals surface area contributed by atoms with Crippen molar-refractivity contribution < 1.29 is 33.8 Å². The molecule has 3 amide bonds. The molecule has 0 saturated carbocycles. The molecule has 0 aromatic heterocycles. The van der Waals surface area contributed by atoms with Gasteiger partial charge < -0.3 is 25.4 Å². The fourth-order valence-corrected chi connectivity index (χ4v) is 8.73. The lowest BCUT2D eigenvalue weighted by Gasteiger charge is -2.35. The molecule has 1 fully saturated rings. The maximum atomic E-state index is 14.1. The van der Waals surface area contributed by atoms with E-state index < -0.39 is 54.0 Å². The monoisotopic (exact) mass is 768 g/mol. The number of nitrogens with zero attached hydrogens (tertiary/aromatic N) is 2. The fourth-order valence-electron chi connectivity index (χ4n) is 7.49. The first-order valence-electron chi connectivity index (χ1n) is 19.9. The third-order valence-corrected chi connectivity index (χ3v) is 12.5. The third kappa shape index (κ3) is 11.9. The molecule has 9 atom stereocenters. The van der Waals surface area contributed by atoms with E-state index in [4.69, 9.17) is 9.73 Å². The number of carbonyl (C=O) groups is 5. The highest BCUT2D eigenvalue weighted by Gasteiger charge is 2.42. The van der Waals surface area contributed by atoms with Crippen molar-refractivity contribution in [1.29, 1.82) is 0 Å². The third-order valence-electron chi connectivity index (χ3n) is 11.2. The van der Waals surface area contributed by atoms with Crippen LogP contribution in [0.4, 0.5) is 0 Å². The Balaban J connectivity index is 1.61. The summed E-state index contributed by atoms with van der Waals surface area (Å²) in [6.07, 6.45) is 2.20. The SMILES string of the molecule is Cc1ccc(C[C@@H]2CC(=O)CC[C@@H]3CSC(=N3)[C@@H](C)[C@@H](O)C[C@H](C)C[C@@H](C(C)(C)C)OC(=O)[C@@H]3CCCN3C(=O)[C@H](C(C)C)NC(=O)[C@H](C)NC2=O)cc1. The molecule has 3 aliphatic heterocycles. The van der Waals surface area contributed by atoms with Gasteiger partial charge in [0.1, 0.15) is 30.0 Å². The summed E-state index contributed by atoms with van der Waals surface area (Å²) in [4.78, 5) is 75.2. The molecule has 4 rings (SSSR count). The van der Waals surface area contributed by atoms with Crippen LogP contribution in [0.3, 0.4) is 0 Å². The van der Waals surface area contributed by atoms with Crippen LogP contribution in [0.5, 0.6) is 0 Å². The molecule has 3 heterocycles. The van der Waals surface area contributed by atoms with Gasteiger partial charge in [-0.1, -0.05) is 78.3 Å². The lowest BCUT2D eigenvalue weighted by atomic mass is 9.81. The van der Waals surface area contributed by atoms with E-state index in [-0.39, 0.29) is 53.7 Å². The van der Waals surface area contributed by atoms with Gasteiger partial charge in [-0.05, 0) is 75.2 Å². The van der Waals surface area contributed by atoms with E-state index in [2.05, 4.69) is 17.6 Å². The van der Waals surface area contributed by atoms with Gasteiger partial charge in [-0.3, -0.25) is 24.2 Å². The van der Waals surface area contributed by atoms with E-state index in [9.17, 15) is 29.1 Å². The van der Waals surface area contributed by atoms with E-state index in [0.717, 1.165) is 21.9 Å². The quantitative estimate of drug-likeness (QED) is 0.345. The lowest BCUT2D eigenvalue weighted by molar-refractivity contribution is -0.164. The van der Waals surface area contributed by atoms with Crippen LogP contribution in [0.25, 0.3) is 0 Å². The second-order valence-corrected chi connectivity index (χ2v) is 18.5. The number of carbonyl (C=O) groups excluding carboxylic acids is 5. The van der Waals surface area contributed by atoms with E-state index in [0.29, 0.717) is 45.1 Å². The Morgan fingerprint density at radius 1 is 0.981 bits per heavy atom. The van der Waals surface area contributed by atoms with Crippen LogP contribution < -0.4 is 10.6 Å². The molecule has 0 unspecified atom stereocenters. The standard InChI is InChI=1S/C42H64N4O7S/c1-24(2)36-40(51)46-18-10-11-33(46)41(52)53-35(42(7,8)9)20-26(4)19-34(48)27(5)39-44-31(23-54-39)16-17-32(47)22-30(21-29-14-12-25(3)13-15-29)38(50)43-28(6)37(49)45-36/h12-15,24,26-28,30-31,33-36,48H,10-11,16-23H2,1-9H3,(H,43,50)(H,45,49)/t26-,27-,28-,30+,31+,33-,34-,35-,36-/m0/s1. The Labute approximate surface area is 326 Å². The highest BCUT2D eigenvalue weighted by atomic mass is 32.2. The van der Waals surface area contributed by atoms with Gasteiger partial charge in [0, 0.05) is 37.0 Å². The largest absolute Gasteiger partial charge is 0.460 e. The second-order valence-electron chi connectivity index (χ2n) is 17.5. The van der Waals surface area contributed by atoms with Gasteiger partial charge in [0.05, 0.1) is 17.2 Å². The summed E-state index contributed by atoms with van der Waals surface area (Å²) >= 11 is 1.62. The number of fused-ring (bicyclic) bond motifs is 2. The predicted octanol–water partition coefficient (Wildman–Crippen LogP) is 5.43. The van der Waals surface area contributed by atoms with Gasteiger partial charge >= 0.3 is 5.97 Å². The number of aliphatic hydroxyl groups is 1. The average molecular weight is 769 g/mol. The van der Waals surface area contributed by atoms with Gasteiger partial charge in [0.2, 0.25) is 17.7 Å². The zero-order chi connectivity index (χ0) is 39.9. The second kappa shape index (κ2) is 19.1. The Bertz CT molecular complexity index is 1520. The molecule has 11 nitrogen and oxygen atoms in total. The molecule has 3 N–H and O–H groups in total. The van der Waals surface area contributed by atoms with Crippen molar-refractivity contribution >= 4 is 46.3 Å². The van der Waals surface area contributed by atoms with Crippen LogP contribution >= 0.6 is 11.8 Å². The average Bonchev–Trinajstić information content (AvgIpc) is 3.79. The number of benzene rings is 1. The van der Waals surface area contributed by atoms with Crippen molar-refractivity contribution in [2.75, 3.05) is 12.3 Å². The molecular weight excluding hydrogens is 705 g/mol. The van der Waals surface area contributed by atoms with Crippen LogP contribution in [0, 0.1) is 36.0 Å². The molecule has 300 valence electrons. The number of ether oxygens (including phenoxy) is 1. The summed E-state index contributed by atoms with van der Waals surface area (Å²) in [7, 11) is 0. The number of cyclic esters (lactones) is 1. The molecule has 54 heavy (non-hydrogen) atoms. The molecular formula is C42H64N4O7S. The summed E-state index contributed by atoms with van der Waals surface area (Å²) in [5.41, 5.74) is 1.61. The van der Waals surface area contributed by atoms with Crippen LogP contribution in [-0.4, -0.2) is 93.2 Å². The van der Waals surface area contributed by atoms with Crippen LogP contribution in [0.15, 0.2) is 29.3 Å². The van der Waals surface area contributed by atoms with Crippen LogP contribution in [0.1, 0.15) is 111 Å². The molecule has 3 aliphatic rings. The number of esters is 1. The van der Waals surface area contributed by atoms with Crippen LogP contribution in [0.2, 0.25) is 0 Å². The van der Waals surface area contributed by atoms with Crippen molar-refractivity contribution in [2.45, 2.75) is 150 Å². The number of amides is 3. The molecule has 0 spiro atoms. The zero-order valence-corrected chi connectivity index (χ0v) is 34.7. The molecule has 1 saturated heterocycles. The number of aliphatic hydroxyl groups excluding tert-OH is 1. The first-order valence-corrected chi connectivity index (χ1v) is 20.9. The van der Waals surface area contributed by atoms with Crippen molar-refractivity contribution in [3.63, 3.8) is 0 Å². The molecule has 0 radical (unpaired) electrons. The first-order chi connectivity index (χ1) is 25.3. The molecule has 1 aromatic carbocycles. The summed E-state index contributed by atoms with van der Waals surface area (Å²) in [5, 5.41) is 17.9. The van der Waals surface area contributed by atoms with Gasteiger partial charge in [-0.25, -0.2) is 4.79 Å². The van der Waals surface area contributed by atoms with E-state index >= 15 is 0 Å². The molecule has 1 aromatic rings. The van der Waals surface area contributed by atoms with Crippen molar-refractivity contribution in [1.82, 2.24) is 15.5 Å². The molecule has 2 bridgehead atoms. The topological polar surface area (TPSA) is 154 Å². The molecule has 12 heteroatoms. The fraction of sp³-hybridized carbons (Fsp3) is 0.714. The number of aliphatic imine (C=N–C) groups is 1. The number of nitrogens with one attached hydrogen (secondary N) is 2. The number of hydrogen-bond donors (Lipinski definition) is 3. The first kappa shape index (κ1) is 43.5. The summed E-state index contributed by atoms with van der Waals surface area (Å²) < 4.78 is 6.22. The van der Waals surface area contributed by atoms with E-state index in [1.54, 1.807) is 18.7 Å². The number of hydrogen-bond acceptors (Lipinski definition) is 9. The Kier molecular flexibility index (Phi) is 15.4. The van der Waals surface area contributed by atoms with E-state index in [1.807, 2.05) is 72.7 Å². The van der Waals surface area contributed by atoms with Gasteiger partial charge in [-0.15, -0.1) is 11.8 Å². The molecule has 0 aliphatic carbocycles. The van der Waals surface area contributed by atoms with Gasteiger partial charge in [0.25, 0.3) is 0 Å². The predicted molar refractivity (Wildman–Crippen MR) is 213 cm³/mol. The van der Waals surface area contributed by atoms with Crippen molar-refractivity contribution in [3.8, 4) is 0 Å². The highest BCUT2D eigenvalue weighted by Crippen LogP contribution is 2.34. The number of rotatable bonds is 3. The minimum absolute atomic E-state index is 0.0204.